The van der Waals surface area contributed by atoms with Crippen molar-refractivity contribution in [2.24, 2.45) is 11.5 Å². The van der Waals surface area contributed by atoms with E-state index in [1.165, 1.54) is 11.8 Å². The third kappa shape index (κ3) is 11.3. The van der Waals surface area contributed by atoms with E-state index in [4.69, 9.17) is 16.6 Å². The molecule has 0 fully saturated rings. The van der Waals surface area contributed by atoms with Gasteiger partial charge in [0.2, 0.25) is 23.6 Å². The van der Waals surface area contributed by atoms with E-state index in [0.717, 1.165) is 0 Å². The highest BCUT2D eigenvalue weighted by molar-refractivity contribution is 7.98. The number of thioether (sulfide) groups is 1. The van der Waals surface area contributed by atoms with Crippen LogP contribution in [0.2, 0.25) is 0 Å². The van der Waals surface area contributed by atoms with Gasteiger partial charge in [-0.15, -0.1) is 0 Å². The average Bonchev–Trinajstić information content (AvgIpc) is 2.58. The quantitative estimate of drug-likeness (QED) is 0.193. The SMILES string of the molecule is CSCC[C@H](NC(=O)[C@@H](N)CCC(N)=O)C(=O)NCC(=O)NCC(=O)O. The van der Waals surface area contributed by atoms with Crippen molar-refractivity contribution in [2.75, 3.05) is 25.1 Å². The minimum atomic E-state index is -1.21. The van der Waals surface area contributed by atoms with Crippen LogP contribution in [0.15, 0.2) is 0 Å². The Morgan fingerprint density at radius 3 is 2.23 bits per heavy atom. The summed E-state index contributed by atoms with van der Waals surface area (Å²) in [5, 5.41) is 15.4. The van der Waals surface area contributed by atoms with Crippen LogP contribution < -0.4 is 27.4 Å². The van der Waals surface area contributed by atoms with Crippen LogP contribution in [0.5, 0.6) is 0 Å². The van der Waals surface area contributed by atoms with Gasteiger partial charge in [0.25, 0.3) is 0 Å². The van der Waals surface area contributed by atoms with Gasteiger partial charge in [0.05, 0.1) is 12.6 Å². The molecule has 8 N–H and O–H groups in total. The maximum absolute atomic E-state index is 12.2. The molecule has 0 rings (SSSR count). The van der Waals surface area contributed by atoms with E-state index in [2.05, 4.69) is 16.0 Å². The Hall–Kier alpha value is -2.34. The zero-order valence-electron chi connectivity index (χ0n) is 14.4. The van der Waals surface area contributed by atoms with Gasteiger partial charge in [-0.2, -0.15) is 11.8 Å². The lowest BCUT2D eigenvalue weighted by molar-refractivity contribution is -0.138. The number of carboxylic acids is 1. The third-order valence-corrected chi connectivity index (χ3v) is 3.79. The highest BCUT2D eigenvalue weighted by atomic mass is 32.2. The minimum absolute atomic E-state index is 0.0512. The lowest BCUT2D eigenvalue weighted by atomic mass is 10.1. The number of amides is 4. The molecule has 12 heteroatoms. The van der Waals surface area contributed by atoms with Crippen LogP contribution >= 0.6 is 11.8 Å². The zero-order valence-corrected chi connectivity index (χ0v) is 15.3. The number of primary amides is 1. The Kier molecular flexibility index (Phi) is 11.8. The molecule has 0 saturated heterocycles. The molecule has 0 saturated carbocycles. The van der Waals surface area contributed by atoms with Crippen molar-refractivity contribution in [1.82, 2.24) is 16.0 Å². The van der Waals surface area contributed by atoms with Crippen LogP contribution in [-0.4, -0.2) is 71.9 Å². The van der Waals surface area contributed by atoms with Gasteiger partial charge in [0.15, 0.2) is 0 Å². The first kappa shape index (κ1) is 23.7. The topological polar surface area (TPSA) is 194 Å². The molecule has 148 valence electrons. The smallest absolute Gasteiger partial charge is 0.322 e. The number of hydrogen-bond acceptors (Lipinski definition) is 7. The highest BCUT2D eigenvalue weighted by Crippen LogP contribution is 2.03. The summed E-state index contributed by atoms with van der Waals surface area (Å²) in [5.41, 5.74) is 10.7. The molecule has 2 atom stereocenters. The Morgan fingerprint density at radius 1 is 1.04 bits per heavy atom. The standard InChI is InChI=1S/C14H25N5O6S/c1-26-5-4-9(19-13(24)8(15)2-3-10(16)20)14(25)18-6-11(21)17-7-12(22)23/h8-9H,2-7,15H2,1H3,(H2,16,20)(H,17,21)(H,18,25)(H,19,24)(H,22,23)/t8-,9-/m0/s1. The number of nitrogens with one attached hydrogen (secondary N) is 3. The fraction of sp³-hybridized carbons (Fsp3) is 0.643. The number of rotatable bonds is 13. The van der Waals surface area contributed by atoms with Gasteiger partial charge in [0.1, 0.15) is 12.6 Å². The van der Waals surface area contributed by atoms with Gasteiger partial charge in [-0.05, 0) is 24.9 Å². The molecule has 0 aliphatic carbocycles. The molecule has 0 aromatic rings. The van der Waals surface area contributed by atoms with Crippen molar-refractivity contribution >= 4 is 41.4 Å². The molecule has 26 heavy (non-hydrogen) atoms. The molecule has 4 amide bonds. The van der Waals surface area contributed by atoms with E-state index < -0.39 is 54.8 Å². The number of nitrogens with two attached hydrogens (primary N) is 2. The van der Waals surface area contributed by atoms with Gasteiger partial charge in [-0.3, -0.25) is 24.0 Å². The normalized spacial score (nSPS) is 12.5. The van der Waals surface area contributed by atoms with Gasteiger partial charge in [0, 0.05) is 6.42 Å². The first-order valence-electron chi connectivity index (χ1n) is 7.76. The molecule has 0 spiro atoms. The molecule has 0 heterocycles. The van der Waals surface area contributed by atoms with E-state index in [1.54, 1.807) is 0 Å². The predicted molar refractivity (Wildman–Crippen MR) is 95.0 cm³/mol. The first-order chi connectivity index (χ1) is 12.2. The Balaban J connectivity index is 4.58. The number of carbonyl (C=O) groups excluding carboxylic acids is 4. The van der Waals surface area contributed by atoms with Crippen LogP contribution in [0.3, 0.4) is 0 Å². The van der Waals surface area contributed by atoms with E-state index in [0.29, 0.717) is 12.2 Å². The average molecular weight is 391 g/mol. The van der Waals surface area contributed by atoms with E-state index in [-0.39, 0.29) is 12.8 Å². The predicted octanol–water partition coefficient (Wildman–Crippen LogP) is -2.87. The van der Waals surface area contributed by atoms with Gasteiger partial charge >= 0.3 is 5.97 Å². The first-order valence-corrected chi connectivity index (χ1v) is 9.16. The van der Waals surface area contributed by atoms with E-state index in [9.17, 15) is 24.0 Å². The second-order valence-corrected chi connectivity index (χ2v) is 6.33. The second-order valence-electron chi connectivity index (χ2n) is 5.34. The summed E-state index contributed by atoms with van der Waals surface area (Å²) in [6, 6.07) is -1.91. The van der Waals surface area contributed by atoms with Crippen LogP contribution in [0, 0.1) is 0 Å². The summed E-state index contributed by atoms with van der Waals surface area (Å²) in [4.78, 5) is 56.7. The Labute approximate surface area is 155 Å². The number of carbonyl (C=O) groups is 5. The number of hydrogen-bond donors (Lipinski definition) is 6. The second kappa shape index (κ2) is 12.9. The van der Waals surface area contributed by atoms with Crippen LogP contribution in [0.4, 0.5) is 0 Å². The lowest BCUT2D eigenvalue weighted by Gasteiger charge is -2.20. The molecular weight excluding hydrogens is 366 g/mol. The van der Waals surface area contributed by atoms with Crippen LogP contribution in [0.25, 0.3) is 0 Å². The zero-order chi connectivity index (χ0) is 20.1. The summed E-state index contributed by atoms with van der Waals surface area (Å²) in [6.07, 6.45) is 2.13. The fourth-order valence-electron chi connectivity index (χ4n) is 1.74. The third-order valence-electron chi connectivity index (χ3n) is 3.14. The van der Waals surface area contributed by atoms with Crippen LogP contribution in [-0.2, 0) is 24.0 Å². The summed E-state index contributed by atoms with van der Waals surface area (Å²) in [5.74, 6) is -3.10. The monoisotopic (exact) mass is 391 g/mol. The molecule has 11 nitrogen and oxygen atoms in total. The lowest BCUT2D eigenvalue weighted by Crippen LogP contribution is -2.53. The maximum Gasteiger partial charge on any atom is 0.322 e. The summed E-state index contributed by atoms with van der Waals surface area (Å²) >= 11 is 1.46. The van der Waals surface area contributed by atoms with Crippen molar-refractivity contribution in [3.63, 3.8) is 0 Å². The Morgan fingerprint density at radius 2 is 1.69 bits per heavy atom. The summed E-state index contributed by atoms with van der Waals surface area (Å²) < 4.78 is 0. The van der Waals surface area contributed by atoms with Crippen molar-refractivity contribution in [1.29, 1.82) is 0 Å². The maximum atomic E-state index is 12.2. The van der Waals surface area contributed by atoms with Crippen LogP contribution in [0.1, 0.15) is 19.3 Å². The molecule has 0 aliphatic heterocycles. The van der Waals surface area contributed by atoms with Crippen molar-refractivity contribution < 1.29 is 29.1 Å². The van der Waals surface area contributed by atoms with Crippen molar-refractivity contribution in [3.05, 3.63) is 0 Å². The molecule has 0 aliphatic rings. The van der Waals surface area contributed by atoms with Crippen molar-refractivity contribution in [3.8, 4) is 0 Å². The minimum Gasteiger partial charge on any atom is -0.480 e. The molecule has 0 unspecified atom stereocenters. The van der Waals surface area contributed by atoms with Gasteiger partial charge in [-0.1, -0.05) is 0 Å². The van der Waals surface area contributed by atoms with Crippen molar-refractivity contribution in [2.45, 2.75) is 31.3 Å². The molecule has 0 radical (unpaired) electrons. The molecule has 0 aromatic heterocycles. The largest absolute Gasteiger partial charge is 0.480 e. The Bertz CT molecular complexity index is 530. The van der Waals surface area contributed by atoms with E-state index >= 15 is 0 Å². The molecule has 0 aromatic carbocycles. The summed E-state index contributed by atoms with van der Waals surface area (Å²) in [6.45, 7) is -0.985. The number of aliphatic carboxylic acids is 1. The van der Waals surface area contributed by atoms with Gasteiger partial charge < -0.3 is 32.5 Å². The van der Waals surface area contributed by atoms with E-state index in [1.807, 2.05) is 6.26 Å². The molecule has 0 bridgehead atoms. The highest BCUT2D eigenvalue weighted by Gasteiger charge is 2.24. The number of carboxylic acid groups (broad SMARTS) is 1. The molecular formula is C14H25N5O6S. The van der Waals surface area contributed by atoms with Gasteiger partial charge in [-0.25, -0.2) is 0 Å². The fourth-order valence-corrected chi connectivity index (χ4v) is 2.21. The summed E-state index contributed by atoms with van der Waals surface area (Å²) in [7, 11) is 0.